The van der Waals surface area contributed by atoms with Crippen LogP contribution in [-0.4, -0.2) is 39.2 Å². The molecule has 2 aromatic rings. The largest absolute Gasteiger partial charge is 0.480 e. The summed E-state index contributed by atoms with van der Waals surface area (Å²) in [7, 11) is 0. The highest BCUT2D eigenvalue weighted by molar-refractivity contribution is 7.98. The number of carboxylic acid groups (broad SMARTS) is 1. The minimum absolute atomic E-state index is 0.0909. The van der Waals surface area contributed by atoms with E-state index in [4.69, 9.17) is 0 Å². The lowest BCUT2D eigenvalue weighted by molar-refractivity contribution is -0.139. The highest BCUT2D eigenvalue weighted by Gasteiger charge is 2.22. The molecule has 1 amide bonds. The number of nitrogens with one attached hydrogen (secondary N) is 1. The van der Waals surface area contributed by atoms with Crippen molar-refractivity contribution in [1.29, 1.82) is 0 Å². The first-order valence-electron chi connectivity index (χ1n) is 7.79. The van der Waals surface area contributed by atoms with E-state index in [1.807, 2.05) is 36.6 Å². The lowest BCUT2D eigenvalue weighted by atomic mass is 9.98. The summed E-state index contributed by atoms with van der Waals surface area (Å²) in [6.45, 7) is 0. The average Bonchev–Trinajstić information content (AvgIpc) is 2.65. The lowest BCUT2D eigenvalue weighted by Gasteiger charge is -2.16. The Balaban J connectivity index is 2.39. The molecule has 2 aromatic carbocycles. The van der Waals surface area contributed by atoms with E-state index >= 15 is 0 Å². The Labute approximate surface area is 159 Å². The van der Waals surface area contributed by atoms with Gasteiger partial charge in [-0.2, -0.15) is 20.3 Å². The molecule has 26 heavy (non-hydrogen) atoms. The van der Waals surface area contributed by atoms with Gasteiger partial charge in [0.25, 0.3) is 5.91 Å². The van der Waals surface area contributed by atoms with Gasteiger partial charge < -0.3 is 10.4 Å². The van der Waals surface area contributed by atoms with E-state index < -0.39 is 17.9 Å². The van der Waals surface area contributed by atoms with Crippen LogP contribution in [0.4, 0.5) is 5.69 Å². The number of aliphatic carboxylic acids is 1. The summed E-state index contributed by atoms with van der Waals surface area (Å²) < 4.78 is 14.4. The van der Waals surface area contributed by atoms with E-state index in [9.17, 15) is 18.9 Å². The first kappa shape index (κ1) is 19.9. The molecule has 0 saturated carbocycles. The predicted octanol–water partition coefficient (Wildman–Crippen LogP) is 3.32. The van der Waals surface area contributed by atoms with Gasteiger partial charge in [-0.3, -0.25) is 4.79 Å². The third-order valence-corrected chi connectivity index (χ3v) is 4.62. The normalized spacial score (nSPS) is 11.4. The first-order chi connectivity index (χ1) is 12.6. The number of hydrogen-bond donors (Lipinski definition) is 2. The summed E-state index contributed by atoms with van der Waals surface area (Å²) >= 11 is 1.61. The fourth-order valence-electron chi connectivity index (χ4n) is 2.42. The van der Waals surface area contributed by atoms with Gasteiger partial charge in [-0.25, -0.2) is 4.79 Å². The van der Waals surface area contributed by atoms with Gasteiger partial charge in [0, 0.05) is 5.56 Å². The second-order valence-electron chi connectivity index (χ2n) is 5.41. The molecule has 8 heteroatoms. The fourth-order valence-corrected chi connectivity index (χ4v) is 3.09. The number of thioether (sulfide) groups is 1. The molecule has 0 aliphatic heterocycles. The summed E-state index contributed by atoms with van der Waals surface area (Å²) in [5, 5.41) is 11.9. The van der Waals surface area contributed by atoms with Crippen LogP contribution in [0.2, 0.25) is 0 Å². The number of hydrogen-bond acceptors (Lipinski definition) is 5. The number of carbonyl (C=O) groups excluding carboxylic acids is 1. The topological polar surface area (TPSA) is 95.8 Å². The quantitative estimate of drug-likeness (QED) is 0.721. The molecule has 0 fully saturated rings. The maximum absolute atomic E-state index is 12.7. The zero-order chi connectivity index (χ0) is 18.9. The van der Waals surface area contributed by atoms with Crippen molar-refractivity contribution in [2.75, 3.05) is 12.0 Å². The van der Waals surface area contributed by atoms with Crippen molar-refractivity contribution in [2.24, 2.45) is 4.36 Å². The predicted molar refractivity (Wildman–Crippen MR) is 104 cm³/mol. The van der Waals surface area contributed by atoms with Crippen molar-refractivity contribution in [2.45, 2.75) is 12.5 Å². The molecular weight excluding hydrogens is 372 g/mol. The molecule has 0 radical (unpaired) electrons. The molecule has 0 bridgehead atoms. The number of benzene rings is 2. The Morgan fingerprint density at radius 1 is 1.19 bits per heavy atom. The van der Waals surface area contributed by atoms with Crippen LogP contribution in [0.25, 0.3) is 11.1 Å². The number of carbonyl (C=O) groups is 2. The second-order valence-corrected chi connectivity index (χ2v) is 6.72. The maximum atomic E-state index is 12.7. The van der Waals surface area contributed by atoms with Crippen molar-refractivity contribution in [3.63, 3.8) is 0 Å². The van der Waals surface area contributed by atoms with E-state index in [0.29, 0.717) is 29.0 Å². The SMILES string of the molecule is CSCCC(NC(=O)c1ccc(N=S=O)cc1-c1ccccc1)C(=O)O. The van der Waals surface area contributed by atoms with Crippen LogP contribution in [0.15, 0.2) is 52.9 Å². The van der Waals surface area contributed by atoms with Crippen molar-refractivity contribution in [3.8, 4) is 11.1 Å². The van der Waals surface area contributed by atoms with Crippen LogP contribution < -0.4 is 5.32 Å². The smallest absolute Gasteiger partial charge is 0.326 e. The minimum atomic E-state index is -1.07. The molecule has 1 atom stereocenters. The van der Waals surface area contributed by atoms with E-state index in [2.05, 4.69) is 9.68 Å². The van der Waals surface area contributed by atoms with Gasteiger partial charge in [0.05, 0.1) is 5.69 Å². The maximum Gasteiger partial charge on any atom is 0.326 e. The summed E-state index contributed by atoms with van der Waals surface area (Å²) in [6, 6.07) is 13.0. The first-order valence-corrected chi connectivity index (χ1v) is 9.88. The van der Waals surface area contributed by atoms with Crippen LogP contribution in [0.1, 0.15) is 16.8 Å². The zero-order valence-electron chi connectivity index (χ0n) is 14.0. The highest BCUT2D eigenvalue weighted by Crippen LogP contribution is 2.28. The number of nitrogens with zero attached hydrogens (tertiary/aromatic N) is 1. The molecule has 0 saturated heterocycles. The Morgan fingerprint density at radius 2 is 1.92 bits per heavy atom. The molecule has 2 N–H and O–H groups in total. The number of rotatable bonds is 8. The van der Waals surface area contributed by atoms with Crippen molar-refractivity contribution in [1.82, 2.24) is 5.32 Å². The number of carboxylic acids is 1. The summed E-state index contributed by atoms with van der Waals surface area (Å²) in [4.78, 5) is 24.1. The zero-order valence-corrected chi connectivity index (χ0v) is 15.7. The molecule has 0 aliphatic carbocycles. The van der Waals surface area contributed by atoms with Crippen LogP contribution >= 0.6 is 11.8 Å². The van der Waals surface area contributed by atoms with Crippen LogP contribution in [0.3, 0.4) is 0 Å². The van der Waals surface area contributed by atoms with Crippen LogP contribution in [-0.2, 0) is 16.3 Å². The van der Waals surface area contributed by atoms with E-state index in [-0.39, 0.29) is 11.5 Å². The molecule has 0 spiro atoms. The van der Waals surface area contributed by atoms with Crippen LogP contribution in [0, 0.1) is 0 Å². The van der Waals surface area contributed by atoms with Gasteiger partial charge in [0.15, 0.2) is 0 Å². The Hall–Kier alpha value is -2.45. The highest BCUT2D eigenvalue weighted by atomic mass is 32.2. The van der Waals surface area contributed by atoms with Crippen molar-refractivity contribution in [3.05, 3.63) is 54.1 Å². The molecule has 2 rings (SSSR count). The van der Waals surface area contributed by atoms with E-state index in [1.165, 1.54) is 11.8 Å². The Bertz CT molecular complexity index is 836. The van der Waals surface area contributed by atoms with Gasteiger partial charge in [-0.05, 0) is 47.8 Å². The molecule has 1 unspecified atom stereocenters. The molecule has 6 nitrogen and oxygen atoms in total. The summed E-state index contributed by atoms with van der Waals surface area (Å²) in [6.07, 6.45) is 2.22. The molecule has 136 valence electrons. The molecule has 0 aromatic heterocycles. The monoisotopic (exact) mass is 390 g/mol. The van der Waals surface area contributed by atoms with Crippen molar-refractivity contribution >= 4 is 40.8 Å². The standard InChI is InChI=1S/C18H18N2O4S2/c1-25-10-9-16(18(22)23)19-17(21)14-8-7-13(20-26-24)11-15(14)12-5-3-2-4-6-12/h2-8,11,16H,9-10H2,1H3,(H,19,21)(H,22,23). The third kappa shape index (κ3) is 5.27. The lowest BCUT2D eigenvalue weighted by Crippen LogP contribution is -2.41. The van der Waals surface area contributed by atoms with Gasteiger partial charge in [-0.1, -0.05) is 30.3 Å². The Morgan fingerprint density at radius 3 is 2.54 bits per heavy atom. The van der Waals surface area contributed by atoms with E-state index in [1.54, 1.807) is 18.2 Å². The van der Waals surface area contributed by atoms with Gasteiger partial charge in [-0.15, -0.1) is 0 Å². The number of amides is 1. The van der Waals surface area contributed by atoms with Gasteiger partial charge in [0.1, 0.15) is 6.04 Å². The fraction of sp³-hybridized carbons (Fsp3) is 0.222. The molecular formula is C18H18N2O4S2. The average molecular weight is 390 g/mol. The summed E-state index contributed by atoms with van der Waals surface area (Å²) in [5.41, 5.74) is 2.15. The third-order valence-electron chi connectivity index (χ3n) is 3.69. The van der Waals surface area contributed by atoms with Crippen LogP contribution in [0.5, 0.6) is 0 Å². The van der Waals surface area contributed by atoms with Gasteiger partial charge in [0.2, 0.25) is 11.5 Å². The van der Waals surface area contributed by atoms with E-state index in [0.717, 1.165) is 5.56 Å². The minimum Gasteiger partial charge on any atom is -0.480 e. The van der Waals surface area contributed by atoms with Crippen molar-refractivity contribution < 1.29 is 18.9 Å². The Kier molecular flexibility index (Phi) is 7.55. The molecule has 0 heterocycles. The molecule has 0 aliphatic rings. The summed E-state index contributed by atoms with van der Waals surface area (Å²) in [5.74, 6) is -0.914. The second kappa shape index (κ2) is 9.88. The van der Waals surface area contributed by atoms with Gasteiger partial charge >= 0.3 is 5.97 Å².